The zero-order valence-corrected chi connectivity index (χ0v) is 14.9. The summed E-state index contributed by atoms with van der Waals surface area (Å²) < 4.78 is 63.8. The molecule has 0 saturated carbocycles. The average molecular weight is 437 g/mol. The van der Waals surface area contributed by atoms with Gasteiger partial charge in [0, 0.05) is 15.7 Å². The molecule has 0 spiro atoms. The van der Waals surface area contributed by atoms with E-state index in [4.69, 9.17) is 0 Å². The van der Waals surface area contributed by atoms with Crippen LogP contribution in [0.5, 0.6) is 0 Å². The van der Waals surface area contributed by atoms with Crippen LogP contribution in [-0.4, -0.2) is 27.0 Å². The Bertz CT molecular complexity index is 886. The second kappa shape index (κ2) is 7.44. The average Bonchev–Trinajstić information content (AvgIpc) is 2.52. The number of carbonyl (C=O) groups is 1. The maximum atomic E-state index is 12.4. The maximum absolute atomic E-state index is 12.4. The van der Waals surface area contributed by atoms with Crippen molar-refractivity contribution in [3.05, 3.63) is 58.6 Å². The molecule has 0 aromatic heterocycles. The summed E-state index contributed by atoms with van der Waals surface area (Å²) in [5, 5.41) is 1.72. The molecular formula is C15H12BrF3N2O3S. The molecule has 0 atom stereocenters. The van der Waals surface area contributed by atoms with Crippen molar-refractivity contribution >= 4 is 37.5 Å². The fraction of sp³-hybridized carbons (Fsp3) is 0.133. The van der Waals surface area contributed by atoms with Gasteiger partial charge in [-0.05, 0) is 46.3 Å². The topological polar surface area (TPSA) is 75.3 Å². The largest absolute Gasteiger partial charge is 0.405 e. The zero-order chi connectivity index (χ0) is 18.7. The van der Waals surface area contributed by atoms with Gasteiger partial charge in [0.05, 0.1) is 0 Å². The van der Waals surface area contributed by atoms with Gasteiger partial charge in [-0.3, -0.25) is 9.52 Å². The molecule has 1 amide bonds. The first kappa shape index (κ1) is 19.3. The molecule has 0 unspecified atom stereocenters. The summed E-state index contributed by atoms with van der Waals surface area (Å²) in [7, 11) is -3.93. The molecule has 0 saturated heterocycles. The number of nitrogens with one attached hydrogen (secondary N) is 2. The lowest BCUT2D eigenvalue weighted by Gasteiger charge is -2.11. The van der Waals surface area contributed by atoms with Crippen LogP contribution in [0.2, 0.25) is 0 Å². The van der Waals surface area contributed by atoms with Crippen molar-refractivity contribution in [2.24, 2.45) is 0 Å². The van der Waals surface area contributed by atoms with Gasteiger partial charge in [-0.2, -0.15) is 13.2 Å². The second-order valence-electron chi connectivity index (χ2n) is 4.91. The summed E-state index contributed by atoms with van der Waals surface area (Å²) in [6.45, 7) is -1.47. The normalized spacial score (nSPS) is 11.8. The number of amides is 1. The van der Waals surface area contributed by atoms with Gasteiger partial charge in [0.2, 0.25) is 0 Å². The van der Waals surface area contributed by atoms with Crippen molar-refractivity contribution in [3.8, 4) is 0 Å². The Morgan fingerprint density at radius 3 is 2.40 bits per heavy atom. The van der Waals surface area contributed by atoms with Crippen LogP contribution in [0, 0.1) is 0 Å². The number of carbonyl (C=O) groups excluding carboxylic acids is 1. The Morgan fingerprint density at radius 1 is 1.08 bits per heavy atom. The number of halogens is 4. The van der Waals surface area contributed by atoms with Crippen LogP contribution in [0.3, 0.4) is 0 Å². The van der Waals surface area contributed by atoms with E-state index >= 15 is 0 Å². The Hall–Kier alpha value is -2.07. The summed E-state index contributed by atoms with van der Waals surface area (Å²) in [5.74, 6) is -0.959. The van der Waals surface area contributed by atoms with Gasteiger partial charge >= 0.3 is 6.18 Å². The van der Waals surface area contributed by atoms with Crippen molar-refractivity contribution in [3.63, 3.8) is 0 Å². The zero-order valence-electron chi connectivity index (χ0n) is 12.5. The predicted octanol–water partition coefficient (Wildman–Crippen LogP) is 3.54. The number of hydrogen-bond donors (Lipinski definition) is 2. The first-order valence-electron chi connectivity index (χ1n) is 6.81. The molecule has 10 heteroatoms. The Labute approximate surface area is 150 Å². The van der Waals surface area contributed by atoms with Crippen molar-refractivity contribution in [1.29, 1.82) is 0 Å². The molecule has 0 aliphatic carbocycles. The van der Waals surface area contributed by atoms with E-state index in [0.29, 0.717) is 4.47 Å². The minimum Gasteiger partial charge on any atom is -0.343 e. The highest BCUT2D eigenvalue weighted by Gasteiger charge is 2.28. The van der Waals surface area contributed by atoms with Crippen molar-refractivity contribution < 1.29 is 26.4 Å². The van der Waals surface area contributed by atoms with Crippen LogP contribution < -0.4 is 10.0 Å². The third-order valence-electron chi connectivity index (χ3n) is 2.95. The van der Waals surface area contributed by atoms with Crippen LogP contribution in [0.1, 0.15) is 10.4 Å². The number of hydrogen-bond acceptors (Lipinski definition) is 3. The number of benzene rings is 2. The fourth-order valence-corrected chi connectivity index (χ4v) is 3.93. The summed E-state index contributed by atoms with van der Waals surface area (Å²) in [6.07, 6.45) is -4.53. The molecule has 134 valence electrons. The van der Waals surface area contributed by atoms with Crippen LogP contribution in [0.25, 0.3) is 0 Å². The van der Waals surface area contributed by atoms with Crippen LogP contribution in [0.15, 0.2) is 57.9 Å². The van der Waals surface area contributed by atoms with Gasteiger partial charge < -0.3 is 5.32 Å². The highest BCUT2D eigenvalue weighted by Crippen LogP contribution is 2.24. The van der Waals surface area contributed by atoms with E-state index < -0.39 is 28.7 Å². The highest BCUT2D eigenvalue weighted by atomic mass is 79.9. The van der Waals surface area contributed by atoms with Gasteiger partial charge in [0.1, 0.15) is 11.4 Å². The van der Waals surface area contributed by atoms with Gasteiger partial charge in [0.25, 0.3) is 15.9 Å². The van der Waals surface area contributed by atoms with Gasteiger partial charge in [-0.1, -0.05) is 18.2 Å². The molecule has 2 N–H and O–H groups in total. The molecule has 2 rings (SSSR count). The number of anilines is 1. The first-order chi connectivity index (χ1) is 11.6. The van der Waals surface area contributed by atoms with E-state index in [1.165, 1.54) is 24.3 Å². The number of rotatable bonds is 5. The highest BCUT2D eigenvalue weighted by molar-refractivity contribution is 9.10. The van der Waals surface area contributed by atoms with E-state index in [9.17, 15) is 26.4 Å². The van der Waals surface area contributed by atoms with Crippen molar-refractivity contribution in [2.75, 3.05) is 11.3 Å². The Balaban J connectivity index is 2.19. The monoisotopic (exact) mass is 436 g/mol. The van der Waals surface area contributed by atoms with Crippen molar-refractivity contribution in [2.45, 2.75) is 11.1 Å². The lowest BCUT2D eigenvalue weighted by molar-refractivity contribution is -0.123. The molecule has 0 heterocycles. The second-order valence-corrected chi connectivity index (χ2v) is 7.42. The van der Waals surface area contributed by atoms with Crippen molar-refractivity contribution in [1.82, 2.24) is 5.32 Å². The lowest BCUT2D eigenvalue weighted by Crippen LogP contribution is -2.33. The van der Waals surface area contributed by atoms with Gasteiger partial charge in [-0.15, -0.1) is 0 Å². The van der Waals surface area contributed by atoms with E-state index in [0.717, 1.165) is 6.07 Å². The standard InChI is InChI=1S/C15H12BrF3N2O3S/c16-12-6-1-2-7-13(12)25(23,24)21-11-5-3-4-10(8-11)14(22)20-9-15(17,18)19/h1-8,21H,9H2,(H,20,22). The first-order valence-corrected chi connectivity index (χ1v) is 9.08. The molecule has 2 aromatic carbocycles. The minimum absolute atomic E-state index is 0.0121. The predicted molar refractivity (Wildman–Crippen MR) is 89.8 cm³/mol. The molecule has 0 aliphatic rings. The Kier molecular flexibility index (Phi) is 5.73. The van der Waals surface area contributed by atoms with E-state index in [1.807, 2.05) is 0 Å². The fourth-order valence-electron chi connectivity index (χ4n) is 1.88. The summed E-state index contributed by atoms with van der Waals surface area (Å²) >= 11 is 3.13. The number of sulfonamides is 1. The van der Waals surface area contributed by atoms with Crippen LogP contribution in [0.4, 0.5) is 18.9 Å². The maximum Gasteiger partial charge on any atom is 0.405 e. The quantitative estimate of drug-likeness (QED) is 0.752. The smallest absolute Gasteiger partial charge is 0.343 e. The molecule has 25 heavy (non-hydrogen) atoms. The van der Waals surface area contributed by atoms with Gasteiger partial charge in [0.15, 0.2) is 0 Å². The molecule has 5 nitrogen and oxygen atoms in total. The van der Waals surface area contributed by atoms with Gasteiger partial charge in [-0.25, -0.2) is 8.42 Å². The molecular weight excluding hydrogens is 425 g/mol. The molecule has 2 aromatic rings. The van der Waals surface area contributed by atoms with Crippen LogP contribution >= 0.6 is 15.9 Å². The molecule has 0 radical (unpaired) electrons. The van der Waals surface area contributed by atoms with E-state index in [-0.39, 0.29) is 16.1 Å². The third-order valence-corrected chi connectivity index (χ3v) is 5.35. The Morgan fingerprint density at radius 2 is 1.76 bits per heavy atom. The minimum atomic E-state index is -4.53. The lowest BCUT2D eigenvalue weighted by atomic mass is 10.2. The summed E-state index contributed by atoms with van der Waals surface area (Å²) in [4.78, 5) is 11.7. The van der Waals surface area contributed by atoms with E-state index in [1.54, 1.807) is 23.5 Å². The number of alkyl halides is 3. The van der Waals surface area contributed by atoms with Crippen LogP contribution in [-0.2, 0) is 10.0 Å². The third kappa shape index (κ3) is 5.46. The molecule has 0 bridgehead atoms. The summed E-state index contributed by atoms with van der Waals surface area (Å²) in [6, 6.07) is 11.3. The molecule has 0 aliphatic heterocycles. The summed E-state index contributed by atoms with van der Waals surface area (Å²) in [5.41, 5.74) is -0.0491. The SMILES string of the molecule is O=C(NCC(F)(F)F)c1cccc(NS(=O)(=O)c2ccccc2Br)c1. The van der Waals surface area contributed by atoms with E-state index in [2.05, 4.69) is 20.7 Å². The molecule has 0 fully saturated rings.